The van der Waals surface area contributed by atoms with Crippen molar-refractivity contribution in [2.24, 2.45) is 0 Å². The number of benzene rings is 2. The zero-order valence-corrected chi connectivity index (χ0v) is 19.0. The van der Waals surface area contributed by atoms with E-state index in [1.807, 2.05) is 50.2 Å². The van der Waals surface area contributed by atoms with Crippen molar-refractivity contribution in [1.82, 2.24) is 15.5 Å². The molecule has 0 aromatic heterocycles. The molecular weight excluding hydrogens is 445 g/mol. The van der Waals surface area contributed by atoms with Crippen molar-refractivity contribution >= 4 is 53.2 Å². The van der Waals surface area contributed by atoms with Gasteiger partial charge in [0.25, 0.3) is 5.91 Å². The number of carboxylic acid groups (broad SMARTS) is 1. The Morgan fingerprint density at radius 2 is 1.68 bits per heavy atom. The van der Waals surface area contributed by atoms with Gasteiger partial charge in [-0.3, -0.25) is 14.4 Å². The fourth-order valence-corrected chi connectivity index (χ4v) is 3.95. The summed E-state index contributed by atoms with van der Waals surface area (Å²) in [7, 11) is 1.51. The summed E-state index contributed by atoms with van der Waals surface area (Å²) in [6, 6.07) is 10.4. The van der Waals surface area contributed by atoms with Crippen molar-refractivity contribution < 1.29 is 24.3 Å². The molecule has 3 rings (SSSR count). The minimum absolute atomic E-state index is 0. The molecule has 1 aliphatic heterocycles. The molecule has 1 heterocycles. The molecule has 34 heavy (non-hydrogen) atoms. The van der Waals surface area contributed by atoms with E-state index in [1.54, 1.807) is 13.0 Å². The molecule has 2 aromatic rings. The normalized spacial score (nSPS) is 16.3. The van der Waals surface area contributed by atoms with E-state index in [0.717, 1.165) is 22.3 Å². The summed E-state index contributed by atoms with van der Waals surface area (Å²) in [5, 5.41) is 14.5. The van der Waals surface area contributed by atoms with Crippen LogP contribution in [0.1, 0.15) is 36.1 Å². The number of nitrogens with zero attached hydrogens (tertiary/aromatic N) is 1. The molecule has 8 nitrogen and oxygen atoms in total. The first-order chi connectivity index (χ1) is 15.6. The Labute approximate surface area is 220 Å². The number of likely N-dealkylation sites (N-methyl/N-ethyl adjacent to an activating group) is 1. The maximum absolute atomic E-state index is 12.7. The molecule has 0 radical (unpaired) electrons. The first kappa shape index (κ1) is 27.3. The van der Waals surface area contributed by atoms with Gasteiger partial charge < -0.3 is 20.6 Å². The molecule has 0 aliphatic carbocycles. The van der Waals surface area contributed by atoms with Crippen LogP contribution < -0.4 is 10.6 Å². The standard InChI is InChI=1S/C25H27N3O5.Na.H/c1-14-8-5-6-9-17(14)18-10-7-11-19(16(18)3)20(13-22(30)31)26-25(33)27-23-21(29)12-15(2)28(4)24(23)32;;/h5-12,20,23H,13H2,1-4H3,(H,30,31)(H2,26,27,33);;. The van der Waals surface area contributed by atoms with Crippen LogP contribution in [0.25, 0.3) is 11.1 Å². The second-order valence-electron chi connectivity index (χ2n) is 8.12. The van der Waals surface area contributed by atoms with Gasteiger partial charge in [-0.25, -0.2) is 4.79 Å². The number of aryl methyl sites for hydroxylation is 1. The second-order valence-corrected chi connectivity index (χ2v) is 8.12. The molecule has 2 aromatic carbocycles. The first-order valence-corrected chi connectivity index (χ1v) is 10.5. The molecule has 3 N–H and O–H groups in total. The average molecular weight is 474 g/mol. The molecule has 2 unspecified atom stereocenters. The number of ketones is 1. The Morgan fingerprint density at radius 3 is 2.32 bits per heavy atom. The number of amides is 3. The van der Waals surface area contributed by atoms with Gasteiger partial charge in [-0.15, -0.1) is 0 Å². The van der Waals surface area contributed by atoms with E-state index in [4.69, 9.17) is 0 Å². The van der Waals surface area contributed by atoms with Crippen molar-refractivity contribution in [2.75, 3.05) is 7.05 Å². The molecule has 9 heteroatoms. The Bertz CT molecular complexity index is 1160. The van der Waals surface area contributed by atoms with Crippen LogP contribution in [-0.4, -0.2) is 76.3 Å². The Hall–Kier alpha value is -2.94. The number of aliphatic carboxylic acids is 1. The number of allylic oxidation sites excluding steroid dienone is 1. The van der Waals surface area contributed by atoms with Crippen molar-refractivity contribution in [1.29, 1.82) is 0 Å². The van der Waals surface area contributed by atoms with E-state index in [0.29, 0.717) is 11.3 Å². The number of urea groups is 1. The molecule has 0 bridgehead atoms. The molecule has 0 fully saturated rings. The summed E-state index contributed by atoms with van der Waals surface area (Å²) in [6.07, 6.45) is 0.924. The van der Waals surface area contributed by atoms with E-state index in [2.05, 4.69) is 10.6 Å². The van der Waals surface area contributed by atoms with Crippen molar-refractivity contribution in [2.45, 2.75) is 39.3 Å². The number of hydrogen-bond donors (Lipinski definition) is 3. The van der Waals surface area contributed by atoms with Crippen LogP contribution in [0.5, 0.6) is 0 Å². The topological polar surface area (TPSA) is 116 Å². The first-order valence-electron chi connectivity index (χ1n) is 10.5. The van der Waals surface area contributed by atoms with Crippen LogP contribution >= 0.6 is 0 Å². The van der Waals surface area contributed by atoms with Gasteiger partial charge in [0.15, 0.2) is 11.8 Å². The Kier molecular flexibility index (Phi) is 9.21. The minimum atomic E-state index is -1.36. The fourth-order valence-electron chi connectivity index (χ4n) is 3.95. The summed E-state index contributed by atoms with van der Waals surface area (Å²) in [6.45, 7) is 5.49. The van der Waals surface area contributed by atoms with Gasteiger partial charge in [0.1, 0.15) is 0 Å². The second kappa shape index (κ2) is 11.5. The Balaban J connectivity index is 0.00000408. The number of hydrogen-bond acceptors (Lipinski definition) is 4. The third kappa shape index (κ3) is 5.94. The van der Waals surface area contributed by atoms with Crippen LogP contribution in [0.3, 0.4) is 0 Å². The number of carboxylic acids is 1. The number of rotatable bonds is 6. The zero-order chi connectivity index (χ0) is 24.3. The predicted octanol–water partition coefficient (Wildman–Crippen LogP) is 2.45. The third-order valence-electron chi connectivity index (χ3n) is 5.89. The maximum atomic E-state index is 12.7. The molecule has 3 amide bonds. The van der Waals surface area contributed by atoms with Gasteiger partial charge in [-0.05, 0) is 48.6 Å². The average Bonchev–Trinajstić information content (AvgIpc) is 2.75. The van der Waals surface area contributed by atoms with Gasteiger partial charge in [0.2, 0.25) is 0 Å². The van der Waals surface area contributed by atoms with E-state index in [9.17, 15) is 24.3 Å². The van der Waals surface area contributed by atoms with Crippen LogP contribution in [0.4, 0.5) is 4.79 Å². The van der Waals surface area contributed by atoms with E-state index < -0.39 is 35.8 Å². The number of carbonyl (C=O) groups is 4. The number of nitrogens with one attached hydrogen (secondary N) is 2. The summed E-state index contributed by atoms with van der Waals surface area (Å²) >= 11 is 0. The number of carbonyl (C=O) groups excluding carboxylic acids is 3. The predicted molar refractivity (Wildman–Crippen MR) is 130 cm³/mol. The van der Waals surface area contributed by atoms with E-state index >= 15 is 0 Å². The summed E-state index contributed by atoms with van der Waals surface area (Å²) in [4.78, 5) is 50.3. The monoisotopic (exact) mass is 473 g/mol. The fraction of sp³-hybridized carbons (Fsp3) is 0.280. The van der Waals surface area contributed by atoms with Crippen molar-refractivity contribution in [3.63, 3.8) is 0 Å². The zero-order valence-electron chi connectivity index (χ0n) is 19.0. The molecule has 174 valence electrons. The van der Waals surface area contributed by atoms with E-state index in [-0.39, 0.29) is 36.0 Å². The van der Waals surface area contributed by atoms with Crippen molar-refractivity contribution in [3.8, 4) is 11.1 Å². The van der Waals surface area contributed by atoms with Gasteiger partial charge in [-0.2, -0.15) is 0 Å². The summed E-state index contributed by atoms with van der Waals surface area (Å²) in [5.41, 5.74) is 4.97. The summed E-state index contributed by atoms with van der Waals surface area (Å²) < 4.78 is 0. The molecule has 0 saturated carbocycles. The van der Waals surface area contributed by atoms with E-state index in [1.165, 1.54) is 18.0 Å². The van der Waals surface area contributed by atoms with Crippen molar-refractivity contribution in [3.05, 3.63) is 70.9 Å². The van der Waals surface area contributed by atoms with Crippen LogP contribution in [0.15, 0.2) is 54.2 Å². The van der Waals surface area contributed by atoms with Crippen LogP contribution in [0, 0.1) is 13.8 Å². The van der Waals surface area contributed by atoms with Gasteiger partial charge >= 0.3 is 41.6 Å². The van der Waals surface area contributed by atoms with Crippen LogP contribution in [-0.2, 0) is 14.4 Å². The Morgan fingerprint density at radius 1 is 1.03 bits per heavy atom. The van der Waals surface area contributed by atoms with Gasteiger partial charge in [-0.1, -0.05) is 42.5 Å². The SMILES string of the molecule is CC1=CC(=O)C(NC(=O)NC(CC(=O)O)c2cccc(-c3ccccc3C)c2C)C(=O)N1C.[NaH]. The van der Waals surface area contributed by atoms with Gasteiger partial charge in [0, 0.05) is 18.8 Å². The quantitative estimate of drug-likeness (QED) is 0.440. The molecular formula is C25H28N3NaO5. The third-order valence-corrected chi connectivity index (χ3v) is 5.89. The summed E-state index contributed by atoms with van der Waals surface area (Å²) in [5.74, 6) is -2.18. The van der Waals surface area contributed by atoms with Crippen LogP contribution in [0.2, 0.25) is 0 Å². The molecule has 1 aliphatic rings. The molecule has 2 atom stereocenters. The molecule has 0 spiro atoms. The van der Waals surface area contributed by atoms with Gasteiger partial charge in [0.05, 0.1) is 12.5 Å². The molecule has 0 saturated heterocycles.